The van der Waals surface area contributed by atoms with Crippen LogP contribution in [0, 0.1) is 0 Å². The number of hydrogen-bond acceptors (Lipinski definition) is 7. The van der Waals surface area contributed by atoms with Gasteiger partial charge in [-0.2, -0.15) is 87.8 Å². The minimum absolute atomic E-state index is 0. The number of hydrogen-bond donors (Lipinski definition) is 2. The van der Waals surface area contributed by atoms with Crippen LogP contribution in [0.2, 0.25) is 0 Å². The van der Waals surface area contributed by atoms with Gasteiger partial charge >= 0.3 is 48.8 Å². The summed E-state index contributed by atoms with van der Waals surface area (Å²) in [5.74, 6) is -18.5. The molecule has 60 heavy (non-hydrogen) atoms. The van der Waals surface area contributed by atoms with Crippen molar-refractivity contribution >= 4 is 27.7 Å². The number of methoxy groups -OCH3 is 2. The first kappa shape index (κ1) is 64.9. The minimum Gasteiger partial charge on any atom is -1.00 e. The predicted molar refractivity (Wildman–Crippen MR) is 167 cm³/mol. The van der Waals surface area contributed by atoms with Crippen LogP contribution in [0.3, 0.4) is 0 Å². The quantitative estimate of drug-likeness (QED) is 0.0783. The number of rotatable bonds is 21. The van der Waals surface area contributed by atoms with Crippen molar-refractivity contribution in [1.82, 2.24) is 15.5 Å². The molecule has 2 N–H and O–H groups in total. The van der Waals surface area contributed by atoms with E-state index >= 15 is 0 Å². The first-order valence-electron chi connectivity index (χ1n) is 15.8. The maximum absolute atomic E-state index is 13.1. The zero-order valence-electron chi connectivity index (χ0n) is 31.9. The summed E-state index contributed by atoms with van der Waals surface area (Å²) >= 11 is 3.18. The molecule has 32 heteroatoms. The van der Waals surface area contributed by atoms with Crippen molar-refractivity contribution < 1.29 is 138 Å². The summed E-state index contributed by atoms with van der Waals surface area (Å²) in [6.45, 7) is 1.24. The number of quaternary nitrogens is 1. The fourth-order valence-corrected chi connectivity index (χ4v) is 3.67. The van der Waals surface area contributed by atoms with Crippen LogP contribution in [-0.4, -0.2) is 176 Å². The zero-order chi connectivity index (χ0) is 47.7. The maximum Gasteiger partial charge on any atom is 0.462 e. The predicted octanol–water partition coefficient (Wildman–Crippen LogP) is 3.78. The SMILES string of the molecule is CN(C)CCCNC(=O)C(OC(F)(F)C(F)(F)C(F)(F)F)C(F)(F)F.COCCBr.COCC[N+](C)(C)CCCNC(=O)C(OC(F)(F)C(F)(F)C(F)(F)F)C(F)(F)F.[Br-]. The molecule has 364 valence electrons. The van der Waals surface area contributed by atoms with Crippen LogP contribution in [0.4, 0.5) is 87.8 Å². The molecule has 10 nitrogen and oxygen atoms in total. The van der Waals surface area contributed by atoms with Crippen molar-refractivity contribution in [2.75, 3.05) is 93.7 Å². The van der Waals surface area contributed by atoms with Gasteiger partial charge in [-0.05, 0) is 27.1 Å². The average molecular weight is 1070 g/mol. The molecule has 0 aliphatic rings. The van der Waals surface area contributed by atoms with E-state index in [4.69, 9.17) is 4.74 Å². The van der Waals surface area contributed by atoms with Gasteiger partial charge in [0.2, 0.25) is 12.2 Å². The number of alkyl halides is 21. The molecule has 0 aliphatic heterocycles. The van der Waals surface area contributed by atoms with Crippen molar-refractivity contribution in [3.05, 3.63) is 0 Å². The molecular weight excluding hydrogens is 1030 g/mol. The lowest BCUT2D eigenvalue weighted by Crippen LogP contribution is -3.00. The van der Waals surface area contributed by atoms with Crippen LogP contribution >= 0.6 is 15.9 Å². The Kier molecular flexibility index (Phi) is 28.3. The number of halogens is 22. The van der Waals surface area contributed by atoms with Gasteiger partial charge in [0.25, 0.3) is 11.8 Å². The molecule has 0 saturated carbocycles. The zero-order valence-corrected chi connectivity index (χ0v) is 35.1. The van der Waals surface area contributed by atoms with Gasteiger partial charge in [0.05, 0.1) is 33.9 Å². The van der Waals surface area contributed by atoms with E-state index in [-0.39, 0.29) is 36.4 Å². The molecule has 2 atom stereocenters. The molecule has 0 aromatic carbocycles. The largest absolute Gasteiger partial charge is 1.00 e. The summed E-state index contributed by atoms with van der Waals surface area (Å²) in [6, 6.07) is 0. The third-order valence-electron chi connectivity index (χ3n) is 6.55. The highest BCUT2D eigenvalue weighted by molar-refractivity contribution is 9.09. The van der Waals surface area contributed by atoms with Gasteiger partial charge in [-0.15, -0.1) is 0 Å². The second-order valence-corrected chi connectivity index (χ2v) is 13.2. The molecule has 2 amide bonds. The average Bonchev–Trinajstić information content (AvgIpc) is 3.04. The minimum atomic E-state index is -6.95. The monoisotopic (exact) mass is 1070 g/mol. The Morgan fingerprint density at radius 1 is 0.600 bits per heavy atom. The highest BCUT2D eigenvalue weighted by Crippen LogP contribution is 2.49. The summed E-state index contributed by atoms with van der Waals surface area (Å²) in [7, 11) is 9.72. The molecule has 2 unspecified atom stereocenters. The Hall–Kier alpha value is -1.74. The lowest BCUT2D eigenvalue weighted by atomic mass is 10.2. The van der Waals surface area contributed by atoms with E-state index in [1.54, 1.807) is 45.5 Å². The van der Waals surface area contributed by atoms with E-state index in [1.165, 1.54) is 12.4 Å². The molecule has 0 spiro atoms. The smallest absolute Gasteiger partial charge is 0.462 e. The molecule has 0 rings (SSSR count). The Morgan fingerprint density at radius 3 is 1.18 bits per heavy atom. The Balaban J connectivity index is -0.000000465. The van der Waals surface area contributed by atoms with Crippen LogP contribution in [-0.2, 0) is 28.5 Å². The first-order chi connectivity index (χ1) is 26.1. The fraction of sp³-hybridized carbons (Fsp3) is 0.929. The summed E-state index contributed by atoms with van der Waals surface area (Å²) < 4.78 is 266. The molecule has 0 aromatic rings. The molecule has 0 heterocycles. The second kappa shape index (κ2) is 26.1. The second-order valence-electron chi connectivity index (χ2n) is 12.4. The number of nitrogens with one attached hydrogen (secondary N) is 2. The lowest BCUT2D eigenvalue weighted by Gasteiger charge is -2.31. The van der Waals surface area contributed by atoms with Crippen molar-refractivity contribution in [2.45, 2.75) is 73.8 Å². The highest BCUT2D eigenvalue weighted by atomic mass is 79.9. The van der Waals surface area contributed by atoms with Crippen molar-refractivity contribution in [3.63, 3.8) is 0 Å². The third kappa shape index (κ3) is 23.1. The van der Waals surface area contributed by atoms with Gasteiger partial charge in [0.1, 0.15) is 6.54 Å². The van der Waals surface area contributed by atoms with Gasteiger partial charge in [0.15, 0.2) is 0 Å². The first-order valence-corrected chi connectivity index (χ1v) is 16.9. The molecule has 0 aliphatic carbocycles. The molecule has 0 aromatic heterocycles. The van der Waals surface area contributed by atoms with Crippen molar-refractivity contribution in [3.8, 4) is 0 Å². The fourth-order valence-electron chi connectivity index (χ4n) is 3.35. The summed E-state index contributed by atoms with van der Waals surface area (Å²) in [5.41, 5.74) is 0. The molecule has 0 radical (unpaired) electrons. The number of carbonyl (C=O) groups is 2. The Morgan fingerprint density at radius 2 is 0.933 bits per heavy atom. The summed E-state index contributed by atoms with van der Waals surface area (Å²) in [4.78, 5) is 24.3. The third-order valence-corrected chi connectivity index (χ3v) is 6.87. The number of nitrogens with zero attached hydrogens (tertiary/aromatic N) is 2. The van der Waals surface area contributed by atoms with E-state index < -0.39 is 85.9 Å². The number of amides is 2. The van der Waals surface area contributed by atoms with E-state index in [0.29, 0.717) is 24.2 Å². The van der Waals surface area contributed by atoms with Gasteiger partial charge in [-0.3, -0.25) is 19.1 Å². The van der Waals surface area contributed by atoms with Crippen LogP contribution in [0.1, 0.15) is 12.8 Å². The van der Waals surface area contributed by atoms with Gasteiger partial charge in [0, 0.05) is 39.1 Å². The van der Waals surface area contributed by atoms with Crippen LogP contribution in [0.25, 0.3) is 0 Å². The molecule has 0 saturated heterocycles. The van der Waals surface area contributed by atoms with Crippen LogP contribution < -0.4 is 27.6 Å². The van der Waals surface area contributed by atoms with Crippen LogP contribution in [0.5, 0.6) is 0 Å². The van der Waals surface area contributed by atoms with E-state index in [1.807, 2.05) is 0 Å². The number of ether oxygens (including phenoxy) is 4. The van der Waals surface area contributed by atoms with Gasteiger partial charge in [-0.25, -0.2) is 0 Å². The Bertz CT molecular complexity index is 1220. The van der Waals surface area contributed by atoms with Gasteiger partial charge < -0.3 is 46.5 Å². The normalized spacial score (nSPS) is 14.5. The van der Waals surface area contributed by atoms with Crippen LogP contribution in [0.15, 0.2) is 0 Å². The summed E-state index contributed by atoms with van der Waals surface area (Å²) in [5, 5.41) is 3.97. The lowest BCUT2D eigenvalue weighted by molar-refractivity contribution is -0.890. The topological polar surface area (TPSA) is 98.4 Å². The maximum atomic E-state index is 13.1. The van der Waals surface area contributed by atoms with Crippen molar-refractivity contribution in [2.24, 2.45) is 0 Å². The molecule has 0 fully saturated rings. The molecular formula is C28H42Br2F20N4O6. The highest BCUT2D eigenvalue weighted by Gasteiger charge is 2.77. The van der Waals surface area contributed by atoms with Crippen molar-refractivity contribution in [1.29, 1.82) is 0 Å². The standard InChI is InChI=1S/C14H20F10N2O3.C11H14F10N2O2.C3H7BrO.BrH/c1-26(2,7-8-28-3)6-4-5-25-10(27)9(11(15,16)17)29-14(23,24)12(18,19)13(20,21)22;1-23(2)5-3-4-22-7(24)6(8(12,13)14)25-11(20,21)9(15,16)10(17,18)19;1-5-3-2-4;/h9H,4-8H2,1-3H3;6H,3-5H2,1-2H3,(H,22,24);2-3H2,1H3;1H. The van der Waals surface area contributed by atoms with E-state index in [0.717, 1.165) is 11.9 Å². The van der Waals surface area contributed by atoms with E-state index in [9.17, 15) is 97.4 Å². The number of carbonyl (C=O) groups excluding carboxylic acids is 2. The summed E-state index contributed by atoms with van der Waals surface area (Å²) in [6.07, 6.45) is -47.3. The Labute approximate surface area is 348 Å². The molecule has 0 bridgehead atoms. The van der Waals surface area contributed by atoms with Gasteiger partial charge in [-0.1, -0.05) is 15.9 Å². The number of likely N-dealkylation sites (N-methyl/N-ethyl adjacent to an activating group) is 1. The van der Waals surface area contributed by atoms with E-state index in [2.05, 4.69) is 30.1 Å².